The van der Waals surface area contributed by atoms with Gasteiger partial charge >= 0.3 is 0 Å². The summed E-state index contributed by atoms with van der Waals surface area (Å²) in [6.07, 6.45) is 1.64. The van der Waals surface area contributed by atoms with Crippen molar-refractivity contribution in [3.8, 4) is 0 Å². The SMILES string of the molecule is CN(CC(=O)Nc1ccc(C(C)(C)C)cc1)Cc1ccco1. The van der Waals surface area contributed by atoms with Crippen molar-refractivity contribution >= 4 is 11.6 Å². The van der Waals surface area contributed by atoms with Gasteiger partial charge in [-0.1, -0.05) is 32.9 Å². The lowest BCUT2D eigenvalue weighted by Gasteiger charge is -2.19. The van der Waals surface area contributed by atoms with Gasteiger partial charge in [0.2, 0.25) is 5.91 Å². The number of amides is 1. The lowest BCUT2D eigenvalue weighted by Crippen LogP contribution is -2.29. The molecular weight excluding hydrogens is 276 g/mol. The van der Waals surface area contributed by atoms with Gasteiger partial charge in [-0.15, -0.1) is 0 Å². The largest absolute Gasteiger partial charge is 0.468 e. The van der Waals surface area contributed by atoms with Crippen molar-refractivity contribution in [2.45, 2.75) is 32.7 Å². The first-order valence-electron chi connectivity index (χ1n) is 7.46. The normalized spacial score (nSPS) is 11.7. The third-order valence-corrected chi connectivity index (χ3v) is 3.45. The summed E-state index contributed by atoms with van der Waals surface area (Å²) < 4.78 is 5.28. The fourth-order valence-corrected chi connectivity index (χ4v) is 2.22. The van der Waals surface area contributed by atoms with Gasteiger partial charge in [0.15, 0.2) is 0 Å². The minimum Gasteiger partial charge on any atom is -0.468 e. The van der Waals surface area contributed by atoms with Crippen LogP contribution < -0.4 is 5.32 Å². The van der Waals surface area contributed by atoms with Crippen molar-refractivity contribution in [1.29, 1.82) is 0 Å². The van der Waals surface area contributed by atoms with Gasteiger partial charge in [0, 0.05) is 5.69 Å². The molecule has 1 amide bonds. The topological polar surface area (TPSA) is 45.5 Å². The molecule has 0 saturated heterocycles. The van der Waals surface area contributed by atoms with Crippen LogP contribution in [0.1, 0.15) is 32.1 Å². The number of benzene rings is 1. The molecule has 2 rings (SSSR count). The zero-order valence-electron chi connectivity index (χ0n) is 13.7. The number of carbonyl (C=O) groups excluding carboxylic acids is 1. The molecule has 0 saturated carbocycles. The lowest BCUT2D eigenvalue weighted by molar-refractivity contribution is -0.117. The van der Waals surface area contributed by atoms with E-state index in [1.54, 1.807) is 6.26 Å². The highest BCUT2D eigenvalue weighted by Gasteiger charge is 2.13. The van der Waals surface area contributed by atoms with Crippen LogP contribution in [0.25, 0.3) is 0 Å². The summed E-state index contributed by atoms with van der Waals surface area (Å²) in [4.78, 5) is 14.0. The van der Waals surface area contributed by atoms with Gasteiger partial charge in [0.05, 0.1) is 19.4 Å². The number of nitrogens with one attached hydrogen (secondary N) is 1. The minimum atomic E-state index is -0.0300. The molecule has 0 unspecified atom stereocenters. The summed E-state index contributed by atoms with van der Waals surface area (Å²) in [5.41, 5.74) is 2.19. The Morgan fingerprint density at radius 3 is 2.41 bits per heavy atom. The van der Waals surface area contributed by atoms with Crippen LogP contribution in [0.2, 0.25) is 0 Å². The van der Waals surface area contributed by atoms with Gasteiger partial charge in [0.25, 0.3) is 0 Å². The molecular formula is C18H24N2O2. The first-order chi connectivity index (χ1) is 10.3. The number of hydrogen-bond donors (Lipinski definition) is 1. The standard InChI is InChI=1S/C18H24N2O2/c1-18(2,3)14-7-9-15(10-8-14)19-17(21)13-20(4)12-16-6-5-11-22-16/h5-11H,12-13H2,1-4H3,(H,19,21). The van der Waals surface area contributed by atoms with Crippen molar-refractivity contribution in [2.24, 2.45) is 0 Å². The van der Waals surface area contributed by atoms with Crippen LogP contribution in [0.15, 0.2) is 47.1 Å². The summed E-state index contributed by atoms with van der Waals surface area (Å²) in [5, 5.41) is 2.92. The van der Waals surface area contributed by atoms with E-state index in [-0.39, 0.29) is 11.3 Å². The number of carbonyl (C=O) groups is 1. The zero-order valence-corrected chi connectivity index (χ0v) is 13.7. The Bertz CT molecular complexity index is 595. The molecule has 118 valence electrons. The predicted molar refractivity (Wildman–Crippen MR) is 88.8 cm³/mol. The molecule has 0 aliphatic heterocycles. The van der Waals surface area contributed by atoms with E-state index in [0.29, 0.717) is 13.1 Å². The van der Waals surface area contributed by atoms with E-state index in [2.05, 4.69) is 38.2 Å². The van der Waals surface area contributed by atoms with E-state index in [1.165, 1.54) is 5.56 Å². The molecule has 1 aromatic heterocycles. The van der Waals surface area contributed by atoms with E-state index in [1.807, 2.05) is 36.2 Å². The Kier molecular flexibility index (Phi) is 5.03. The molecule has 1 N–H and O–H groups in total. The predicted octanol–water partition coefficient (Wildman–Crippen LogP) is 3.65. The summed E-state index contributed by atoms with van der Waals surface area (Å²) >= 11 is 0. The van der Waals surface area contributed by atoms with Crippen molar-refractivity contribution < 1.29 is 9.21 Å². The summed E-state index contributed by atoms with van der Waals surface area (Å²) in [7, 11) is 1.89. The molecule has 4 nitrogen and oxygen atoms in total. The fraction of sp³-hybridized carbons (Fsp3) is 0.389. The van der Waals surface area contributed by atoms with Crippen LogP contribution in [-0.4, -0.2) is 24.4 Å². The number of furan rings is 1. The fourth-order valence-electron chi connectivity index (χ4n) is 2.22. The van der Waals surface area contributed by atoms with Crippen LogP contribution in [0.3, 0.4) is 0 Å². The second-order valence-electron chi connectivity index (χ2n) is 6.63. The Labute approximate surface area is 132 Å². The van der Waals surface area contributed by atoms with E-state index in [9.17, 15) is 4.79 Å². The van der Waals surface area contributed by atoms with Crippen molar-refractivity contribution in [1.82, 2.24) is 4.90 Å². The second-order valence-corrected chi connectivity index (χ2v) is 6.63. The summed E-state index contributed by atoms with van der Waals surface area (Å²) in [6, 6.07) is 11.8. The van der Waals surface area contributed by atoms with Crippen LogP contribution in [0.5, 0.6) is 0 Å². The Hall–Kier alpha value is -2.07. The smallest absolute Gasteiger partial charge is 0.238 e. The number of hydrogen-bond acceptors (Lipinski definition) is 3. The Morgan fingerprint density at radius 1 is 1.18 bits per heavy atom. The second kappa shape index (κ2) is 6.79. The number of likely N-dealkylation sites (N-methyl/N-ethyl adjacent to an activating group) is 1. The summed E-state index contributed by atoms with van der Waals surface area (Å²) in [6.45, 7) is 7.45. The van der Waals surface area contributed by atoms with Gasteiger partial charge in [-0.2, -0.15) is 0 Å². The van der Waals surface area contributed by atoms with Gasteiger partial charge in [-0.3, -0.25) is 9.69 Å². The number of nitrogens with zero attached hydrogens (tertiary/aromatic N) is 1. The molecule has 0 radical (unpaired) electrons. The maximum Gasteiger partial charge on any atom is 0.238 e. The number of rotatable bonds is 5. The molecule has 0 bridgehead atoms. The first kappa shape index (κ1) is 16.3. The third-order valence-electron chi connectivity index (χ3n) is 3.45. The van der Waals surface area contributed by atoms with Gasteiger partial charge < -0.3 is 9.73 Å². The molecule has 1 heterocycles. The van der Waals surface area contributed by atoms with Crippen molar-refractivity contribution in [3.63, 3.8) is 0 Å². The van der Waals surface area contributed by atoms with E-state index >= 15 is 0 Å². The van der Waals surface area contributed by atoms with Crippen molar-refractivity contribution in [3.05, 3.63) is 54.0 Å². The zero-order chi connectivity index (χ0) is 16.2. The first-order valence-corrected chi connectivity index (χ1v) is 7.46. The highest BCUT2D eigenvalue weighted by molar-refractivity contribution is 5.92. The van der Waals surface area contributed by atoms with Gasteiger partial charge in [-0.05, 0) is 42.3 Å². The van der Waals surface area contributed by atoms with Crippen LogP contribution in [-0.2, 0) is 16.8 Å². The maximum absolute atomic E-state index is 12.0. The third kappa shape index (κ3) is 4.74. The minimum absolute atomic E-state index is 0.0300. The molecule has 4 heteroatoms. The molecule has 0 aliphatic carbocycles. The average molecular weight is 300 g/mol. The molecule has 0 aliphatic rings. The molecule has 0 atom stereocenters. The van der Waals surface area contributed by atoms with Crippen molar-refractivity contribution in [2.75, 3.05) is 18.9 Å². The highest BCUT2D eigenvalue weighted by atomic mass is 16.3. The van der Waals surface area contributed by atoms with Crippen LogP contribution in [0.4, 0.5) is 5.69 Å². The van der Waals surface area contributed by atoms with Crippen LogP contribution in [0, 0.1) is 0 Å². The molecule has 1 aromatic carbocycles. The van der Waals surface area contributed by atoms with E-state index in [0.717, 1.165) is 11.4 Å². The average Bonchev–Trinajstić information content (AvgIpc) is 2.90. The van der Waals surface area contributed by atoms with Gasteiger partial charge in [-0.25, -0.2) is 0 Å². The van der Waals surface area contributed by atoms with Crippen LogP contribution >= 0.6 is 0 Å². The molecule has 22 heavy (non-hydrogen) atoms. The Balaban J connectivity index is 1.86. The lowest BCUT2D eigenvalue weighted by atomic mass is 9.87. The van der Waals surface area contributed by atoms with Gasteiger partial charge in [0.1, 0.15) is 5.76 Å². The summed E-state index contributed by atoms with van der Waals surface area (Å²) in [5.74, 6) is 0.822. The number of anilines is 1. The highest BCUT2D eigenvalue weighted by Crippen LogP contribution is 2.23. The molecule has 2 aromatic rings. The van der Waals surface area contributed by atoms with E-state index in [4.69, 9.17) is 4.42 Å². The Morgan fingerprint density at radius 2 is 1.86 bits per heavy atom. The molecule has 0 fully saturated rings. The molecule has 0 spiro atoms. The monoisotopic (exact) mass is 300 g/mol. The maximum atomic E-state index is 12.0. The quantitative estimate of drug-likeness (QED) is 0.917. The van der Waals surface area contributed by atoms with E-state index < -0.39 is 0 Å².